The van der Waals surface area contributed by atoms with Gasteiger partial charge in [-0.25, -0.2) is 23.2 Å². The second-order valence-electron chi connectivity index (χ2n) is 10.2. The molecule has 3 rings (SSSR count). The molecule has 9 nitrogen and oxygen atoms in total. The lowest BCUT2D eigenvalue weighted by molar-refractivity contribution is -0.137. The molecule has 2 aromatic carbocycles. The zero-order chi connectivity index (χ0) is 30.6. The normalized spacial score (nSPS) is 14.2. The predicted octanol–water partition coefficient (Wildman–Crippen LogP) is 5.04. The van der Waals surface area contributed by atoms with E-state index in [2.05, 4.69) is 15.4 Å². The molecule has 0 saturated carbocycles. The van der Waals surface area contributed by atoms with Crippen molar-refractivity contribution in [1.29, 1.82) is 0 Å². The Labute approximate surface area is 232 Å². The summed E-state index contributed by atoms with van der Waals surface area (Å²) in [6, 6.07) is 5.89. The van der Waals surface area contributed by atoms with E-state index in [0.717, 1.165) is 58.6 Å². The maximum atomic E-state index is 15.1. The number of carbonyl (C=O) groups is 2. The molecule has 2 atom stereocenters. The van der Waals surface area contributed by atoms with Crippen LogP contribution in [0.5, 0.6) is 0 Å². The molecule has 0 bridgehead atoms. The van der Waals surface area contributed by atoms with Gasteiger partial charge in [0.1, 0.15) is 35.5 Å². The van der Waals surface area contributed by atoms with E-state index in [4.69, 9.17) is 4.74 Å². The number of aliphatic hydroxyl groups is 1. The van der Waals surface area contributed by atoms with E-state index in [1.807, 2.05) is 0 Å². The van der Waals surface area contributed by atoms with Crippen LogP contribution in [0.2, 0.25) is 0 Å². The van der Waals surface area contributed by atoms with Gasteiger partial charge in [0.15, 0.2) is 6.17 Å². The first-order valence-corrected chi connectivity index (χ1v) is 12.5. The van der Waals surface area contributed by atoms with Crippen LogP contribution in [0.1, 0.15) is 61.8 Å². The number of halogens is 5. The van der Waals surface area contributed by atoms with Gasteiger partial charge in [-0.2, -0.15) is 18.3 Å². The summed E-state index contributed by atoms with van der Waals surface area (Å²) in [6.07, 6.45) is -4.98. The molecular formula is C27H30F5N5O4. The van der Waals surface area contributed by atoms with Crippen molar-refractivity contribution in [3.05, 3.63) is 83.4 Å². The number of hydrogen-bond acceptors (Lipinski definition) is 6. The second kappa shape index (κ2) is 12.2. The number of rotatable bonds is 9. The first-order valence-electron chi connectivity index (χ1n) is 12.5. The molecule has 2 amide bonds. The van der Waals surface area contributed by atoms with Crippen molar-refractivity contribution in [2.24, 2.45) is 0 Å². The maximum Gasteiger partial charge on any atom is 0.416 e. The molecule has 0 aliphatic heterocycles. The average molecular weight is 584 g/mol. The second-order valence-corrected chi connectivity index (χ2v) is 10.2. The van der Waals surface area contributed by atoms with E-state index in [1.54, 1.807) is 20.8 Å². The highest BCUT2D eigenvalue weighted by atomic mass is 19.4. The molecule has 41 heavy (non-hydrogen) atoms. The molecule has 3 aromatic rings. The van der Waals surface area contributed by atoms with E-state index in [0.29, 0.717) is 6.07 Å². The van der Waals surface area contributed by atoms with Gasteiger partial charge in [0.25, 0.3) is 5.91 Å². The largest absolute Gasteiger partial charge is 0.444 e. The van der Waals surface area contributed by atoms with Gasteiger partial charge < -0.3 is 20.1 Å². The van der Waals surface area contributed by atoms with Crippen molar-refractivity contribution in [2.45, 2.75) is 57.7 Å². The number of benzene rings is 2. The minimum Gasteiger partial charge on any atom is -0.444 e. The molecule has 1 heterocycles. The standard InChI is InChI=1S/C27H30F5N5O4/c1-5-26(40,20-11-10-19(28)14-21(20)29)23(37-16-33-15-35-37)36(13-12-34-24(39)41-25(2,3)4)22(38)17-6-8-18(9-7-17)27(30,31)32/h6-11,14-16,23,40H,5,12-13H2,1-4H3,(H,34,39). The summed E-state index contributed by atoms with van der Waals surface area (Å²) < 4.78 is 74.5. The number of alkyl carbamates (subject to hydrolysis) is 1. The van der Waals surface area contributed by atoms with Crippen molar-refractivity contribution in [1.82, 2.24) is 25.0 Å². The first-order chi connectivity index (χ1) is 19.1. The Morgan fingerprint density at radius 3 is 2.27 bits per heavy atom. The van der Waals surface area contributed by atoms with Crippen LogP contribution in [-0.4, -0.2) is 55.5 Å². The van der Waals surface area contributed by atoms with E-state index >= 15 is 4.39 Å². The topological polar surface area (TPSA) is 110 Å². The Balaban J connectivity index is 2.11. The van der Waals surface area contributed by atoms with E-state index in [-0.39, 0.29) is 30.6 Å². The minimum atomic E-state index is -4.65. The number of hydrogen-bond donors (Lipinski definition) is 2. The zero-order valence-corrected chi connectivity index (χ0v) is 22.7. The Bertz CT molecular complexity index is 1340. The molecule has 222 valence electrons. The molecule has 0 aliphatic rings. The average Bonchev–Trinajstić information content (AvgIpc) is 3.40. The van der Waals surface area contributed by atoms with Crippen LogP contribution in [0.15, 0.2) is 55.1 Å². The van der Waals surface area contributed by atoms with Gasteiger partial charge in [-0.1, -0.05) is 13.0 Å². The molecule has 0 saturated heterocycles. The third-order valence-corrected chi connectivity index (χ3v) is 6.09. The lowest BCUT2D eigenvalue weighted by atomic mass is 9.86. The summed E-state index contributed by atoms with van der Waals surface area (Å²) in [7, 11) is 0. The Kier molecular flexibility index (Phi) is 9.36. The molecule has 1 aromatic heterocycles. The fourth-order valence-corrected chi connectivity index (χ4v) is 4.21. The maximum absolute atomic E-state index is 15.1. The van der Waals surface area contributed by atoms with Gasteiger partial charge in [0, 0.05) is 30.3 Å². The summed E-state index contributed by atoms with van der Waals surface area (Å²) in [5.74, 6) is -2.88. The highest BCUT2D eigenvalue weighted by Crippen LogP contribution is 2.40. The zero-order valence-electron chi connectivity index (χ0n) is 22.7. The summed E-state index contributed by atoms with van der Waals surface area (Å²) in [4.78, 5) is 31.0. The van der Waals surface area contributed by atoms with Gasteiger partial charge in [0.05, 0.1) is 5.56 Å². The van der Waals surface area contributed by atoms with E-state index in [9.17, 15) is 32.3 Å². The molecule has 0 spiro atoms. The van der Waals surface area contributed by atoms with Gasteiger partial charge in [-0.15, -0.1) is 0 Å². The highest BCUT2D eigenvalue weighted by molar-refractivity contribution is 5.94. The fraction of sp³-hybridized carbons (Fsp3) is 0.407. The van der Waals surface area contributed by atoms with Crippen LogP contribution in [0, 0.1) is 11.6 Å². The Morgan fingerprint density at radius 2 is 1.76 bits per heavy atom. The van der Waals surface area contributed by atoms with E-state index < -0.39 is 52.7 Å². The summed E-state index contributed by atoms with van der Waals surface area (Å²) in [6.45, 7) is 5.85. The molecule has 2 N–H and O–H groups in total. The molecule has 0 radical (unpaired) electrons. The van der Waals surface area contributed by atoms with Crippen molar-refractivity contribution < 1.29 is 41.4 Å². The number of alkyl halides is 3. The number of aromatic nitrogens is 3. The smallest absolute Gasteiger partial charge is 0.416 e. The summed E-state index contributed by atoms with van der Waals surface area (Å²) in [5.41, 5.74) is -4.63. The summed E-state index contributed by atoms with van der Waals surface area (Å²) >= 11 is 0. The molecule has 0 fully saturated rings. The molecule has 2 unspecified atom stereocenters. The van der Waals surface area contributed by atoms with Gasteiger partial charge in [-0.3, -0.25) is 4.79 Å². The Hall–Kier alpha value is -4.07. The van der Waals surface area contributed by atoms with Crippen LogP contribution in [0.4, 0.5) is 26.7 Å². The van der Waals surface area contributed by atoms with Crippen LogP contribution >= 0.6 is 0 Å². The fourth-order valence-electron chi connectivity index (χ4n) is 4.21. The first kappa shape index (κ1) is 31.5. The van der Waals surface area contributed by atoms with Gasteiger partial charge in [-0.05, 0) is 57.5 Å². The molecular weight excluding hydrogens is 553 g/mol. The van der Waals surface area contributed by atoms with Crippen molar-refractivity contribution in [3.8, 4) is 0 Å². The van der Waals surface area contributed by atoms with Crippen LogP contribution < -0.4 is 5.32 Å². The lowest BCUT2D eigenvalue weighted by Crippen LogP contribution is -2.52. The van der Waals surface area contributed by atoms with Crippen LogP contribution in [0.25, 0.3) is 0 Å². The monoisotopic (exact) mass is 583 g/mol. The summed E-state index contributed by atoms with van der Waals surface area (Å²) in [5, 5.41) is 18.5. The van der Waals surface area contributed by atoms with Gasteiger partial charge in [0.2, 0.25) is 0 Å². The molecule has 14 heteroatoms. The number of nitrogens with zero attached hydrogens (tertiary/aromatic N) is 4. The predicted molar refractivity (Wildman–Crippen MR) is 136 cm³/mol. The SMILES string of the molecule is CCC(O)(c1ccc(F)cc1F)C(N(CCNC(=O)OC(C)(C)C)C(=O)c1ccc(C(F)(F)F)cc1)n1cncn1. The van der Waals surface area contributed by atoms with Crippen molar-refractivity contribution in [3.63, 3.8) is 0 Å². The number of nitrogens with one attached hydrogen (secondary N) is 1. The third kappa shape index (κ3) is 7.57. The highest BCUT2D eigenvalue weighted by Gasteiger charge is 2.46. The van der Waals surface area contributed by atoms with Gasteiger partial charge >= 0.3 is 12.3 Å². The number of ether oxygens (including phenoxy) is 1. The number of amides is 2. The minimum absolute atomic E-state index is 0.196. The van der Waals surface area contributed by atoms with E-state index in [1.165, 1.54) is 6.92 Å². The lowest BCUT2D eigenvalue weighted by Gasteiger charge is -2.42. The van der Waals surface area contributed by atoms with Crippen LogP contribution in [0.3, 0.4) is 0 Å². The van der Waals surface area contributed by atoms with Crippen molar-refractivity contribution >= 4 is 12.0 Å². The quantitative estimate of drug-likeness (QED) is 0.342. The number of carbonyl (C=O) groups excluding carboxylic acids is 2. The molecule has 0 aliphatic carbocycles. The Morgan fingerprint density at radius 1 is 1.10 bits per heavy atom. The van der Waals surface area contributed by atoms with Crippen LogP contribution in [-0.2, 0) is 16.5 Å². The van der Waals surface area contributed by atoms with Crippen molar-refractivity contribution in [2.75, 3.05) is 13.1 Å². The third-order valence-electron chi connectivity index (χ3n) is 6.09.